The molecule has 0 amide bonds. The Hall–Kier alpha value is 0.377. The topological polar surface area (TPSA) is 277 Å². The van der Waals surface area contributed by atoms with E-state index in [4.69, 9.17) is 60.3 Å². The summed E-state index contributed by atoms with van der Waals surface area (Å²) in [4.78, 5) is 0. The summed E-state index contributed by atoms with van der Waals surface area (Å²) in [6.07, 6.45) is 0. The predicted molar refractivity (Wildman–Crippen MR) is 23.0 cm³/mol. The van der Waals surface area contributed by atoms with Crippen LogP contribution in [0.3, 0.4) is 0 Å². The fourth-order valence-electron chi connectivity index (χ4n) is 0. The summed E-state index contributed by atoms with van der Waals surface area (Å²) in [6.45, 7) is 0. The molecule has 0 aliphatic rings. The Bertz CT molecular complexity index is 61.5. The average Bonchev–Trinajstić information content (AvgIpc) is 1.76. The normalized spacial score (nSPS) is 6.35. The van der Waals surface area contributed by atoms with Crippen LogP contribution in [0.5, 0.6) is 0 Å². The van der Waals surface area contributed by atoms with Crippen LogP contribution in [0.2, 0.25) is 0 Å². The van der Waals surface area contributed by atoms with Gasteiger partial charge in [-0.3, -0.25) is 29.3 Å². The van der Waals surface area contributed by atoms with Crippen LogP contribution in [-0.4, -0.2) is 29.3 Å². The summed E-state index contributed by atoms with van der Waals surface area (Å²) in [5, 5.41) is 101. The molecule has 0 fully saturated rings. The molecule has 0 spiro atoms. The van der Waals surface area contributed by atoms with Crippen molar-refractivity contribution in [1.82, 2.24) is 0 Å². The zero-order valence-corrected chi connectivity index (χ0v) is 8.21. The second-order valence-electron chi connectivity index (χ2n) is 1.15. The summed E-state index contributed by atoms with van der Waals surface area (Å²) >= 11 is 0. The van der Waals surface area contributed by atoms with Crippen molar-refractivity contribution < 1.29 is 79.1 Å². The Morgan fingerprint density at radius 3 is 0.294 bits per heavy atom. The first-order valence-corrected chi connectivity index (χ1v) is 2.83. The molecule has 0 bridgehead atoms. The molecule has 0 aromatic rings. The van der Waals surface area contributed by atoms with E-state index in [2.05, 4.69) is 0 Å². The molecule has 17 heavy (non-hydrogen) atoms. The monoisotopic (exact) mass is 243 g/mol. The van der Waals surface area contributed by atoms with Gasteiger partial charge >= 0.3 is 18.9 Å². The van der Waals surface area contributed by atoms with E-state index in [1.807, 2.05) is 0 Å². The zero-order chi connectivity index (χ0) is 14.3. The van der Waals surface area contributed by atoms with Gasteiger partial charge in [0, 0.05) is 0 Å². The van der Waals surface area contributed by atoms with Gasteiger partial charge in [0.1, 0.15) is 0 Å². The molecule has 12 nitrogen and oxygen atoms in total. The molecular formula is B4LiO12-11. The van der Waals surface area contributed by atoms with Crippen molar-refractivity contribution in [3.63, 3.8) is 0 Å². The summed E-state index contributed by atoms with van der Waals surface area (Å²) in [5.74, 6) is 0. The van der Waals surface area contributed by atoms with Crippen LogP contribution in [-0.2, 0) is 0 Å². The molecule has 0 atom stereocenters. The van der Waals surface area contributed by atoms with Crippen LogP contribution in [0.4, 0.5) is 0 Å². The molecule has 0 aromatic heterocycles. The van der Waals surface area contributed by atoms with E-state index in [1.165, 1.54) is 0 Å². The van der Waals surface area contributed by atoms with E-state index in [9.17, 15) is 0 Å². The molecule has 0 saturated heterocycles. The SMILES string of the molecule is [Li+].[O-]B([O-])[O-].[O-]B([O-])[O-].[O-]B([O-])[O-].[O-]B([O-])[O-]. The van der Waals surface area contributed by atoms with E-state index in [1.54, 1.807) is 0 Å². The Morgan fingerprint density at radius 2 is 0.294 bits per heavy atom. The van der Waals surface area contributed by atoms with E-state index < -0.39 is 29.3 Å². The molecule has 0 aliphatic heterocycles. The second kappa shape index (κ2) is 25.3. The van der Waals surface area contributed by atoms with Gasteiger partial charge in [-0.15, -0.1) is 0 Å². The van der Waals surface area contributed by atoms with Gasteiger partial charge in [-0.25, -0.2) is 0 Å². The van der Waals surface area contributed by atoms with Gasteiger partial charge in [-0.05, 0) is 0 Å². The van der Waals surface area contributed by atoms with Crippen LogP contribution in [0.1, 0.15) is 0 Å². The van der Waals surface area contributed by atoms with Crippen LogP contribution < -0.4 is 79.1 Å². The van der Waals surface area contributed by atoms with Crippen molar-refractivity contribution in [2.75, 3.05) is 0 Å². The maximum Gasteiger partial charge on any atom is 1.00 e. The second-order valence-corrected chi connectivity index (χ2v) is 1.15. The molecule has 0 saturated carbocycles. The molecule has 0 aromatic carbocycles. The Kier molecular flexibility index (Phi) is 45.2. The van der Waals surface area contributed by atoms with Gasteiger partial charge in [0.15, 0.2) is 0 Å². The number of hydrogen-bond donors (Lipinski definition) is 0. The molecule has 0 unspecified atom stereocenters. The maximum atomic E-state index is 8.42. The van der Waals surface area contributed by atoms with Crippen LogP contribution in [0, 0.1) is 0 Å². The van der Waals surface area contributed by atoms with Gasteiger partial charge in [0.05, 0.1) is 0 Å². The first-order valence-electron chi connectivity index (χ1n) is 2.83. The summed E-state index contributed by atoms with van der Waals surface area (Å²) in [5.41, 5.74) is 0. The Balaban J connectivity index is -0.0000000369. The van der Waals surface area contributed by atoms with Crippen LogP contribution in [0.25, 0.3) is 0 Å². The first-order chi connectivity index (χ1) is 6.93. The van der Waals surface area contributed by atoms with Crippen molar-refractivity contribution in [2.45, 2.75) is 0 Å². The van der Waals surface area contributed by atoms with Crippen molar-refractivity contribution in [1.29, 1.82) is 0 Å². The van der Waals surface area contributed by atoms with Crippen LogP contribution in [0.15, 0.2) is 0 Å². The molecule has 0 N–H and O–H groups in total. The molecular weight excluding hydrogens is 242 g/mol. The number of hydrogen-bond acceptors (Lipinski definition) is 12. The minimum atomic E-state index is -2.92. The van der Waals surface area contributed by atoms with E-state index in [0.717, 1.165) is 0 Å². The minimum Gasteiger partial charge on any atom is -0.907 e. The largest absolute Gasteiger partial charge is 1.00 e. The van der Waals surface area contributed by atoms with Crippen LogP contribution >= 0.6 is 0 Å². The quantitative estimate of drug-likeness (QED) is 0.357. The third kappa shape index (κ3) is 23800. The Labute approximate surface area is 109 Å². The minimum absolute atomic E-state index is 0. The third-order valence-corrected chi connectivity index (χ3v) is 0. The molecule has 96 valence electrons. The first kappa shape index (κ1) is 30.4. The van der Waals surface area contributed by atoms with Gasteiger partial charge < -0.3 is 60.3 Å². The smallest absolute Gasteiger partial charge is 0.907 e. The van der Waals surface area contributed by atoms with Gasteiger partial charge in [0.25, 0.3) is 0 Å². The van der Waals surface area contributed by atoms with Crippen molar-refractivity contribution in [3.8, 4) is 0 Å². The fraction of sp³-hybridized carbons (Fsp3) is 0. The molecule has 0 rings (SSSR count). The van der Waals surface area contributed by atoms with Crippen molar-refractivity contribution in [3.05, 3.63) is 0 Å². The van der Waals surface area contributed by atoms with Gasteiger partial charge in [-0.2, -0.15) is 0 Å². The van der Waals surface area contributed by atoms with E-state index in [0.29, 0.717) is 0 Å². The summed E-state index contributed by atoms with van der Waals surface area (Å²) in [6, 6.07) is 0. The maximum absolute atomic E-state index is 8.42. The van der Waals surface area contributed by atoms with Gasteiger partial charge in [-0.1, -0.05) is 0 Å². The fourth-order valence-corrected chi connectivity index (χ4v) is 0. The standard InChI is InChI=1S/4BO3.Li/c4*2-1(3)4;/q4*-3;+1. The van der Waals surface area contributed by atoms with Gasteiger partial charge in [0.2, 0.25) is 0 Å². The third-order valence-electron chi connectivity index (χ3n) is 0. The van der Waals surface area contributed by atoms with E-state index in [-0.39, 0.29) is 18.9 Å². The predicted octanol–water partition coefficient (Wildman–Crippen LogP) is -18.8. The zero-order valence-electron chi connectivity index (χ0n) is 8.21. The number of rotatable bonds is 0. The average molecular weight is 242 g/mol. The van der Waals surface area contributed by atoms with Crippen molar-refractivity contribution in [2.24, 2.45) is 0 Å². The summed E-state index contributed by atoms with van der Waals surface area (Å²) in [7, 11) is -11.7. The molecule has 17 heteroatoms. The van der Waals surface area contributed by atoms with Crippen molar-refractivity contribution >= 4 is 29.3 Å². The Morgan fingerprint density at radius 1 is 0.294 bits per heavy atom. The molecule has 0 radical (unpaired) electrons. The van der Waals surface area contributed by atoms with E-state index >= 15 is 0 Å². The molecule has 0 heterocycles. The molecule has 0 aliphatic carbocycles. The summed E-state index contributed by atoms with van der Waals surface area (Å²) < 4.78 is 0.